The number of hydrogen-bond donors (Lipinski definition) is 0. The number of pyridine rings is 1. The van der Waals surface area contributed by atoms with Crippen molar-refractivity contribution in [3.8, 4) is 0 Å². The molecule has 0 aliphatic heterocycles. The molecule has 1 aromatic heterocycles. The fourth-order valence-electron chi connectivity index (χ4n) is 2.11. The largest absolute Gasteiger partial charge is 0.408 e. The molecule has 0 amide bonds. The topological polar surface area (TPSA) is 25.2 Å². The van der Waals surface area contributed by atoms with Gasteiger partial charge in [0.15, 0.2) is 0 Å². The van der Waals surface area contributed by atoms with Gasteiger partial charge in [-0.05, 0) is 36.7 Å². The smallest absolute Gasteiger partial charge is 0.317 e. The van der Waals surface area contributed by atoms with Crippen LogP contribution >= 0.6 is 23.5 Å². The van der Waals surface area contributed by atoms with Crippen LogP contribution in [0.3, 0.4) is 0 Å². The van der Waals surface area contributed by atoms with Gasteiger partial charge in [-0.15, -0.1) is 0 Å². The number of rotatable bonds is 4. The van der Waals surface area contributed by atoms with Crippen LogP contribution in [0, 0.1) is 5.82 Å². The molecule has 1 unspecified atom stereocenters. The van der Waals surface area contributed by atoms with Crippen LogP contribution in [0.15, 0.2) is 46.2 Å². The molecule has 0 saturated carbocycles. The molecular formula is C15H13ClF4N2OS. The SMILES string of the molecule is CN(Sc1cn(C)c(=O)cc1F)C(c1ccc(Cl)cc1)C(F)(F)F. The Morgan fingerprint density at radius 2 is 1.83 bits per heavy atom. The Morgan fingerprint density at radius 1 is 1.25 bits per heavy atom. The number of nitrogens with zero attached hydrogens (tertiary/aromatic N) is 2. The minimum absolute atomic E-state index is 0.0212. The normalized spacial score (nSPS) is 13.3. The molecule has 0 radical (unpaired) electrons. The second-order valence-electron chi connectivity index (χ2n) is 5.07. The summed E-state index contributed by atoms with van der Waals surface area (Å²) in [5, 5.41) is 0.319. The zero-order valence-electron chi connectivity index (χ0n) is 12.6. The molecule has 0 bridgehead atoms. The number of hydrogen-bond acceptors (Lipinski definition) is 3. The van der Waals surface area contributed by atoms with Crippen LogP contribution < -0.4 is 5.56 Å². The first-order valence-electron chi connectivity index (χ1n) is 6.68. The van der Waals surface area contributed by atoms with Crippen LogP contribution in [0.1, 0.15) is 11.6 Å². The van der Waals surface area contributed by atoms with Gasteiger partial charge >= 0.3 is 6.18 Å². The second-order valence-corrected chi connectivity index (χ2v) is 6.70. The van der Waals surface area contributed by atoms with Gasteiger partial charge in [0.1, 0.15) is 11.9 Å². The second kappa shape index (κ2) is 7.16. The van der Waals surface area contributed by atoms with Crippen molar-refractivity contribution in [3.05, 3.63) is 63.3 Å². The Morgan fingerprint density at radius 3 is 2.38 bits per heavy atom. The van der Waals surface area contributed by atoms with E-state index in [1.54, 1.807) is 0 Å². The molecule has 0 spiro atoms. The lowest BCUT2D eigenvalue weighted by molar-refractivity contribution is -0.169. The third-order valence-corrected chi connectivity index (χ3v) is 4.49. The highest BCUT2D eigenvalue weighted by Gasteiger charge is 2.44. The average molecular weight is 381 g/mol. The third-order valence-electron chi connectivity index (χ3n) is 3.25. The highest BCUT2D eigenvalue weighted by Crippen LogP contribution is 2.42. The van der Waals surface area contributed by atoms with E-state index < -0.39 is 23.6 Å². The average Bonchev–Trinajstić information content (AvgIpc) is 2.45. The summed E-state index contributed by atoms with van der Waals surface area (Å²) in [4.78, 5) is 11.3. The molecule has 1 atom stereocenters. The predicted molar refractivity (Wildman–Crippen MR) is 85.5 cm³/mol. The Hall–Kier alpha value is -1.51. The van der Waals surface area contributed by atoms with Crippen molar-refractivity contribution in [2.24, 2.45) is 7.05 Å². The Bertz CT molecular complexity index is 777. The lowest BCUT2D eigenvalue weighted by Gasteiger charge is -2.29. The van der Waals surface area contributed by atoms with E-state index in [0.29, 0.717) is 17.0 Å². The molecule has 0 aliphatic carbocycles. The molecule has 0 fully saturated rings. The summed E-state index contributed by atoms with van der Waals surface area (Å²) in [7, 11) is 2.61. The summed E-state index contributed by atoms with van der Waals surface area (Å²) in [6, 6.07) is 4.04. The number of aromatic nitrogens is 1. The first-order chi connectivity index (χ1) is 11.1. The Kier molecular flexibility index (Phi) is 5.62. The summed E-state index contributed by atoms with van der Waals surface area (Å²) in [6.45, 7) is 0. The minimum Gasteiger partial charge on any atom is -0.317 e. The van der Waals surface area contributed by atoms with Crippen molar-refractivity contribution in [1.29, 1.82) is 0 Å². The van der Waals surface area contributed by atoms with Crippen molar-refractivity contribution in [2.75, 3.05) is 7.05 Å². The van der Waals surface area contributed by atoms with Gasteiger partial charge in [-0.1, -0.05) is 23.7 Å². The van der Waals surface area contributed by atoms with Crippen LogP contribution in [0.4, 0.5) is 17.6 Å². The predicted octanol–water partition coefficient (Wildman–Crippen LogP) is 4.42. The van der Waals surface area contributed by atoms with Crippen molar-refractivity contribution in [1.82, 2.24) is 8.87 Å². The number of alkyl halides is 3. The maximum Gasteiger partial charge on any atom is 0.408 e. The van der Waals surface area contributed by atoms with Gasteiger partial charge in [0.05, 0.1) is 4.90 Å². The first kappa shape index (κ1) is 18.8. The summed E-state index contributed by atoms with van der Waals surface area (Å²) < 4.78 is 56.2. The van der Waals surface area contributed by atoms with E-state index in [0.717, 1.165) is 21.1 Å². The number of halogens is 5. The summed E-state index contributed by atoms with van der Waals surface area (Å²) in [6.07, 6.45) is -3.42. The molecule has 24 heavy (non-hydrogen) atoms. The fourth-order valence-corrected chi connectivity index (χ4v) is 3.24. The summed E-state index contributed by atoms with van der Waals surface area (Å²) in [5.74, 6) is -0.869. The Labute approximate surface area is 145 Å². The molecule has 2 rings (SSSR count). The van der Waals surface area contributed by atoms with E-state index in [-0.39, 0.29) is 10.5 Å². The molecule has 1 aromatic carbocycles. The van der Waals surface area contributed by atoms with Gasteiger partial charge in [0.25, 0.3) is 5.56 Å². The van der Waals surface area contributed by atoms with Gasteiger partial charge in [-0.25, -0.2) is 8.70 Å². The molecular weight excluding hydrogens is 368 g/mol. The van der Waals surface area contributed by atoms with E-state index in [1.807, 2.05) is 0 Å². The van der Waals surface area contributed by atoms with Gasteiger partial charge in [-0.2, -0.15) is 13.2 Å². The number of aryl methyl sites for hydroxylation is 1. The number of benzene rings is 1. The van der Waals surface area contributed by atoms with Gasteiger partial charge in [-0.3, -0.25) is 4.79 Å². The van der Waals surface area contributed by atoms with E-state index in [1.165, 1.54) is 38.4 Å². The molecule has 1 heterocycles. The first-order valence-corrected chi connectivity index (χ1v) is 7.84. The van der Waals surface area contributed by atoms with Crippen molar-refractivity contribution >= 4 is 23.5 Å². The zero-order chi connectivity index (χ0) is 18.1. The lowest BCUT2D eigenvalue weighted by atomic mass is 10.1. The highest BCUT2D eigenvalue weighted by molar-refractivity contribution is 7.97. The highest BCUT2D eigenvalue weighted by atomic mass is 35.5. The van der Waals surface area contributed by atoms with Crippen LogP contribution in [0.2, 0.25) is 5.02 Å². The molecule has 0 saturated heterocycles. The monoisotopic (exact) mass is 380 g/mol. The maximum atomic E-state index is 13.8. The van der Waals surface area contributed by atoms with Gasteiger partial charge < -0.3 is 4.57 Å². The quantitative estimate of drug-likeness (QED) is 0.580. The molecule has 0 N–H and O–H groups in total. The van der Waals surface area contributed by atoms with Crippen molar-refractivity contribution < 1.29 is 17.6 Å². The lowest BCUT2D eigenvalue weighted by Crippen LogP contribution is -2.32. The molecule has 9 heteroatoms. The zero-order valence-corrected chi connectivity index (χ0v) is 14.2. The molecule has 2 aromatic rings. The van der Waals surface area contributed by atoms with Crippen LogP contribution in [-0.4, -0.2) is 22.1 Å². The van der Waals surface area contributed by atoms with E-state index >= 15 is 0 Å². The molecule has 0 aliphatic rings. The van der Waals surface area contributed by atoms with Crippen molar-refractivity contribution in [2.45, 2.75) is 17.1 Å². The standard InChI is InChI=1S/C15H13ClF4N2OS/c1-21-8-12(11(17)7-13(21)23)24-22(2)14(15(18,19)20)9-3-5-10(16)6-4-9/h3-8,14H,1-2H3. The Balaban J connectivity index is 2.36. The van der Waals surface area contributed by atoms with Crippen LogP contribution in [0.5, 0.6) is 0 Å². The van der Waals surface area contributed by atoms with E-state index in [9.17, 15) is 22.4 Å². The van der Waals surface area contributed by atoms with Crippen molar-refractivity contribution in [3.63, 3.8) is 0 Å². The van der Waals surface area contributed by atoms with Crippen LogP contribution in [0.25, 0.3) is 0 Å². The fraction of sp³-hybridized carbons (Fsp3) is 0.267. The molecule has 3 nitrogen and oxygen atoms in total. The molecule has 130 valence electrons. The van der Waals surface area contributed by atoms with Gasteiger partial charge in [0.2, 0.25) is 0 Å². The van der Waals surface area contributed by atoms with E-state index in [2.05, 4.69) is 0 Å². The minimum atomic E-state index is -4.58. The van der Waals surface area contributed by atoms with Crippen LogP contribution in [-0.2, 0) is 7.05 Å². The van der Waals surface area contributed by atoms with E-state index in [4.69, 9.17) is 11.6 Å². The maximum absolute atomic E-state index is 13.8. The summed E-state index contributed by atoms with van der Waals surface area (Å²) in [5.41, 5.74) is -0.600. The third kappa shape index (κ3) is 4.31. The summed E-state index contributed by atoms with van der Waals surface area (Å²) >= 11 is 6.28. The van der Waals surface area contributed by atoms with Gasteiger partial charge in [0, 0.05) is 24.3 Å².